The number of hydrogen-bond donors (Lipinski definition) is 1. The van der Waals surface area contributed by atoms with Crippen LogP contribution in [0.1, 0.15) is 85.2 Å². The Hall–Kier alpha value is -3.01. The van der Waals surface area contributed by atoms with Crippen molar-refractivity contribution in [2.45, 2.75) is 82.3 Å². The first-order chi connectivity index (χ1) is 21.8. The lowest BCUT2D eigenvalue weighted by Gasteiger charge is -2.36. The van der Waals surface area contributed by atoms with E-state index in [-0.39, 0.29) is 11.8 Å². The summed E-state index contributed by atoms with van der Waals surface area (Å²) >= 11 is 1.29. The molecule has 45 heavy (non-hydrogen) atoms. The molecule has 1 aromatic heterocycles. The molecular formula is C36H45N5O3S. The maximum atomic E-state index is 14.8. The van der Waals surface area contributed by atoms with Crippen LogP contribution in [0.4, 0.5) is 0 Å². The Bertz CT molecular complexity index is 1680. The molecule has 5 aliphatic rings. The van der Waals surface area contributed by atoms with Gasteiger partial charge in [-0.05, 0) is 93.7 Å². The van der Waals surface area contributed by atoms with Gasteiger partial charge >= 0.3 is 0 Å². The molecule has 4 fully saturated rings. The summed E-state index contributed by atoms with van der Waals surface area (Å²) in [6, 6.07) is 13.6. The number of amides is 2. The van der Waals surface area contributed by atoms with E-state index in [2.05, 4.69) is 56.3 Å². The SMILES string of the molecule is CCN1C[C@@H]2C[C@@H]1CN2C(=O)C12CC1c1cc(OC)ccc1-c1c(C3CCCCC3)c3ccc(C(=O)NSN(C)C)cc3n1C2. The van der Waals surface area contributed by atoms with Gasteiger partial charge in [0.1, 0.15) is 5.75 Å². The molecule has 0 radical (unpaired) electrons. The number of aromatic nitrogens is 1. The molecule has 4 atom stereocenters. The van der Waals surface area contributed by atoms with Crippen LogP contribution >= 0.6 is 12.1 Å². The second-order valence-corrected chi connectivity index (χ2v) is 15.3. The first-order valence-corrected chi connectivity index (χ1v) is 17.6. The number of fused-ring (bicyclic) bond motifs is 9. The molecule has 2 aliphatic carbocycles. The zero-order valence-electron chi connectivity index (χ0n) is 27.0. The zero-order chi connectivity index (χ0) is 31.0. The molecule has 2 saturated carbocycles. The van der Waals surface area contributed by atoms with E-state index in [1.807, 2.05) is 24.5 Å². The van der Waals surface area contributed by atoms with E-state index in [9.17, 15) is 9.59 Å². The number of rotatable bonds is 7. The van der Waals surface area contributed by atoms with Gasteiger partial charge in [0.05, 0.1) is 18.2 Å². The van der Waals surface area contributed by atoms with E-state index in [0.717, 1.165) is 43.7 Å². The van der Waals surface area contributed by atoms with Crippen LogP contribution in [0, 0.1) is 5.41 Å². The molecular weight excluding hydrogens is 582 g/mol. The third kappa shape index (κ3) is 4.63. The molecule has 2 bridgehead atoms. The minimum atomic E-state index is -0.483. The molecule has 0 spiro atoms. The van der Waals surface area contributed by atoms with Crippen molar-refractivity contribution in [3.8, 4) is 17.0 Å². The van der Waals surface area contributed by atoms with E-state index < -0.39 is 5.41 Å². The predicted molar refractivity (Wildman–Crippen MR) is 179 cm³/mol. The molecule has 9 heteroatoms. The van der Waals surface area contributed by atoms with Crippen molar-refractivity contribution in [3.63, 3.8) is 0 Å². The van der Waals surface area contributed by atoms with Gasteiger partial charge in [0.15, 0.2) is 0 Å². The molecule has 8 nitrogen and oxygen atoms in total. The van der Waals surface area contributed by atoms with E-state index in [1.165, 1.54) is 72.0 Å². The van der Waals surface area contributed by atoms with Crippen molar-refractivity contribution >= 4 is 34.9 Å². The van der Waals surface area contributed by atoms with Gasteiger partial charge in [0, 0.05) is 71.8 Å². The molecule has 2 saturated heterocycles. The number of likely N-dealkylation sites (tertiary alicyclic amines) is 2. The Morgan fingerprint density at radius 1 is 1.07 bits per heavy atom. The fourth-order valence-corrected chi connectivity index (χ4v) is 9.67. The number of carbonyl (C=O) groups is 2. The van der Waals surface area contributed by atoms with Crippen LogP contribution in [0.25, 0.3) is 22.2 Å². The number of hydrogen-bond acceptors (Lipinski definition) is 6. The van der Waals surface area contributed by atoms with Gasteiger partial charge < -0.3 is 14.2 Å². The Kier molecular flexibility index (Phi) is 7.22. The number of ether oxygens (including phenoxy) is 1. The summed E-state index contributed by atoms with van der Waals surface area (Å²) in [5.41, 5.74) is 6.40. The van der Waals surface area contributed by atoms with Crippen molar-refractivity contribution in [2.24, 2.45) is 5.41 Å². The molecule has 2 unspecified atom stereocenters. The highest BCUT2D eigenvalue weighted by atomic mass is 32.2. The Morgan fingerprint density at radius 2 is 1.89 bits per heavy atom. The van der Waals surface area contributed by atoms with Crippen molar-refractivity contribution < 1.29 is 14.3 Å². The largest absolute Gasteiger partial charge is 0.497 e. The Balaban J connectivity index is 1.29. The standard InChI is InChI=1S/C36H45N5O3S/c1-5-39-19-25-16-24(39)20-40(25)35(43)36-18-30(36)29-17-26(44-4)12-14-27(29)33-32(22-9-7-6-8-10-22)28-13-11-23(15-31(28)41(33)21-36)34(42)37-45-38(2)3/h11-15,17,22,24-25,30H,5-10,16,18-21H2,1-4H3,(H,37,42)/t24-,25+,30?,36?/m1/s1. The van der Waals surface area contributed by atoms with Crippen molar-refractivity contribution in [2.75, 3.05) is 40.8 Å². The average molecular weight is 628 g/mol. The van der Waals surface area contributed by atoms with Gasteiger partial charge in [-0.15, -0.1) is 0 Å². The highest BCUT2D eigenvalue weighted by Crippen LogP contribution is 2.66. The first-order valence-electron chi connectivity index (χ1n) is 16.9. The maximum Gasteiger partial charge on any atom is 0.262 e. The smallest absolute Gasteiger partial charge is 0.262 e. The molecule has 4 heterocycles. The summed E-state index contributed by atoms with van der Waals surface area (Å²) in [6.45, 7) is 5.77. The zero-order valence-corrected chi connectivity index (χ0v) is 27.8. The van der Waals surface area contributed by atoms with Crippen LogP contribution in [-0.2, 0) is 11.3 Å². The Morgan fingerprint density at radius 3 is 2.60 bits per heavy atom. The monoisotopic (exact) mass is 627 g/mol. The van der Waals surface area contributed by atoms with E-state index in [0.29, 0.717) is 36.0 Å². The minimum absolute atomic E-state index is 0.104. The van der Waals surface area contributed by atoms with Crippen LogP contribution in [0.5, 0.6) is 5.75 Å². The number of nitrogens with one attached hydrogen (secondary N) is 1. The number of likely N-dealkylation sites (N-methyl/N-ethyl adjacent to an activating group) is 1. The molecule has 8 rings (SSSR count). The number of piperazine rings is 1. The second-order valence-electron chi connectivity index (χ2n) is 14.2. The van der Waals surface area contributed by atoms with Gasteiger partial charge in [-0.2, -0.15) is 0 Å². The molecule has 2 amide bonds. The van der Waals surface area contributed by atoms with Gasteiger partial charge in [0.2, 0.25) is 5.91 Å². The van der Waals surface area contributed by atoms with Crippen LogP contribution in [0.15, 0.2) is 36.4 Å². The highest BCUT2D eigenvalue weighted by Gasteiger charge is 2.65. The van der Waals surface area contributed by atoms with Crippen LogP contribution in [-0.4, -0.2) is 83.4 Å². The quantitative estimate of drug-likeness (QED) is 0.324. The fourth-order valence-electron chi connectivity index (χ4n) is 9.29. The lowest BCUT2D eigenvalue weighted by Crippen LogP contribution is -2.51. The van der Waals surface area contributed by atoms with E-state index >= 15 is 0 Å². The summed E-state index contributed by atoms with van der Waals surface area (Å²) in [5, 5.41) is 1.23. The third-order valence-electron chi connectivity index (χ3n) is 11.6. The summed E-state index contributed by atoms with van der Waals surface area (Å²) in [7, 11) is 5.56. The molecule has 1 N–H and O–H groups in total. The van der Waals surface area contributed by atoms with Crippen LogP contribution in [0.3, 0.4) is 0 Å². The molecule has 2 aromatic carbocycles. The fraction of sp³-hybridized carbons (Fsp3) is 0.556. The number of carbonyl (C=O) groups excluding carboxylic acids is 2. The van der Waals surface area contributed by atoms with Gasteiger partial charge in [-0.3, -0.25) is 19.2 Å². The number of benzene rings is 2. The van der Waals surface area contributed by atoms with Crippen LogP contribution < -0.4 is 9.46 Å². The summed E-state index contributed by atoms with van der Waals surface area (Å²) in [5.74, 6) is 1.70. The highest BCUT2D eigenvalue weighted by molar-refractivity contribution is 7.95. The molecule has 3 aliphatic heterocycles. The predicted octanol–water partition coefficient (Wildman–Crippen LogP) is 6.01. The Labute approximate surface area is 270 Å². The summed E-state index contributed by atoms with van der Waals surface area (Å²) in [6.07, 6.45) is 8.08. The molecule has 3 aromatic rings. The van der Waals surface area contributed by atoms with E-state index in [4.69, 9.17) is 4.74 Å². The normalized spacial score (nSPS) is 27.3. The van der Waals surface area contributed by atoms with Gasteiger partial charge in [-0.1, -0.05) is 32.3 Å². The van der Waals surface area contributed by atoms with Crippen LogP contribution in [0.2, 0.25) is 0 Å². The van der Waals surface area contributed by atoms with Crippen molar-refractivity contribution in [1.29, 1.82) is 0 Å². The third-order valence-corrected chi connectivity index (χ3v) is 12.2. The maximum absolute atomic E-state index is 14.8. The topological polar surface area (TPSA) is 70.1 Å². The van der Waals surface area contributed by atoms with Gasteiger partial charge in [-0.25, -0.2) is 4.31 Å². The van der Waals surface area contributed by atoms with Crippen molar-refractivity contribution in [3.05, 3.63) is 53.1 Å². The van der Waals surface area contributed by atoms with Gasteiger partial charge in [0.25, 0.3) is 5.91 Å². The van der Waals surface area contributed by atoms with E-state index in [1.54, 1.807) is 7.11 Å². The number of methoxy groups -OCH3 is 1. The van der Waals surface area contributed by atoms with Crippen molar-refractivity contribution in [1.82, 2.24) is 23.4 Å². The summed E-state index contributed by atoms with van der Waals surface area (Å²) < 4.78 is 13.1. The lowest BCUT2D eigenvalue weighted by molar-refractivity contribution is -0.140. The summed E-state index contributed by atoms with van der Waals surface area (Å²) in [4.78, 5) is 32.9. The second kappa shape index (κ2) is 11.1. The lowest BCUT2D eigenvalue weighted by atomic mass is 9.81. The average Bonchev–Trinajstić information content (AvgIpc) is 3.30. The first kappa shape index (κ1) is 29.4. The minimum Gasteiger partial charge on any atom is -0.497 e. The number of nitrogens with zero attached hydrogens (tertiary/aromatic N) is 4. The molecule has 238 valence electrons.